The van der Waals surface area contributed by atoms with Gasteiger partial charge in [0.05, 0.1) is 0 Å². The molecule has 1 heterocycles. The molecule has 3 nitrogen and oxygen atoms in total. The van der Waals surface area contributed by atoms with Gasteiger partial charge in [-0.15, -0.1) is 0 Å². The van der Waals surface area contributed by atoms with Gasteiger partial charge < -0.3 is 10.5 Å². The molecule has 0 aliphatic heterocycles. The van der Waals surface area contributed by atoms with Crippen LogP contribution in [0.3, 0.4) is 0 Å². The molecule has 0 spiro atoms. The average Bonchev–Trinajstić information content (AvgIpc) is 2.34. The molecule has 0 saturated heterocycles. The Balaban J connectivity index is 2.28. The third-order valence-electron chi connectivity index (χ3n) is 2.84. The lowest BCUT2D eigenvalue weighted by atomic mass is 10.1. The minimum Gasteiger partial charge on any atom is -0.438 e. The summed E-state index contributed by atoms with van der Waals surface area (Å²) in [5.74, 6) is 1.48. The zero-order valence-electron chi connectivity index (χ0n) is 11.0. The highest BCUT2D eigenvalue weighted by atomic mass is 16.5. The van der Waals surface area contributed by atoms with E-state index < -0.39 is 0 Å². The van der Waals surface area contributed by atoms with Crippen molar-refractivity contribution in [2.75, 3.05) is 0 Å². The number of rotatable bonds is 3. The summed E-state index contributed by atoms with van der Waals surface area (Å²) in [7, 11) is 0. The van der Waals surface area contributed by atoms with Gasteiger partial charge in [-0.25, -0.2) is 4.98 Å². The van der Waals surface area contributed by atoms with Crippen LogP contribution in [0.2, 0.25) is 0 Å². The first kappa shape index (κ1) is 12.6. The minimum absolute atomic E-state index is 0.496. The second-order valence-electron chi connectivity index (χ2n) is 4.54. The zero-order valence-corrected chi connectivity index (χ0v) is 11.0. The number of hydrogen-bond acceptors (Lipinski definition) is 3. The van der Waals surface area contributed by atoms with E-state index in [1.165, 1.54) is 5.56 Å². The highest BCUT2D eigenvalue weighted by Gasteiger charge is 2.07. The van der Waals surface area contributed by atoms with Crippen LogP contribution in [0, 0.1) is 20.8 Å². The Morgan fingerprint density at radius 2 is 1.78 bits per heavy atom. The fourth-order valence-electron chi connectivity index (χ4n) is 2.02. The van der Waals surface area contributed by atoms with Gasteiger partial charge in [-0.2, -0.15) is 0 Å². The molecule has 0 amide bonds. The van der Waals surface area contributed by atoms with Crippen LogP contribution in [0.25, 0.3) is 0 Å². The average molecular weight is 242 g/mol. The summed E-state index contributed by atoms with van der Waals surface area (Å²) in [4.78, 5) is 4.25. The van der Waals surface area contributed by atoms with E-state index in [9.17, 15) is 0 Å². The van der Waals surface area contributed by atoms with Crippen molar-refractivity contribution in [3.05, 3.63) is 52.7 Å². The fraction of sp³-hybridized carbons (Fsp3) is 0.267. The molecular weight excluding hydrogens is 224 g/mol. The largest absolute Gasteiger partial charge is 0.438 e. The monoisotopic (exact) mass is 242 g/mol. The number of ether oxygens (including phenoxy) is 1. The first-order valence-electron chi connectivity index (χ1n) is 6.01. The molecule has 0 aliphatic rings. The Labute approximate surface area is 108 Å². The maximum Gasteiger partial charge on any atom is 0.219 e. The lowest BCUT2D eigenvalue weighted by Gasteiger charge is -2.12. The molecule has 94 valence electrons. The number of nitrogens with two attached hydrogens (primary N) is 1. The fourth-order valence-corrected chi connectivity index (χ4v) is 2.02. The molecule has 1 aromatic carbocycles. The van der Waals surface area contributed by atoms with Crippen LogP contribution < -0.4 is 10.5 Å². The summed E-state index contributed by atoms with van der Waals surface area (Å²) in [6.07, 6.45) is 1.74. The molecule has 0 unspecified atom stereocenters. The van der Waals surface area contributed by atoms with Crippen molar-refractivity contribution in [2.24, 2.45) is 5.73 Å². The van der Waals surface area contributed by atoms with Gasteiger partial charge in [0.2, 0.25) is 5.88 Å². The zero-order chi connectivity index (χ0) is 13.1. The van der Waals surface area contributed by atoms with Gasteiger partial charge in [-0.3, -0.25) is 0 Å². The lowest BCUT2D eigenvalue weighted by Crippen LogP contribution is -1.98. The summed E-state index contributed by atoms with van der Waals surface area (Å²) in [6.45, 7) is 6.67. The second kappa shape index (κ2) is 5.19. The molecule has 2 rings (SSSR count). The van der Waals surface area contributed by atoms with Crippen LogP contribution in [0.4, 0.5) is 0 Å². The van der Waals surface area contributed by atoms with E-state index in [0.717, 1.165) is 22.4 Å². The molecule has 0 bridgehead atoms. The van der Waals surface area contributed by atoms with Crippen LogP contribution in [-0.2, 0) is 6.54 Å². The molecule has 3 heteroatoms. The first-order chi connectivity index (χ1) is 8.60. The van der Waals surface area contributed by atoms with Crippen LogP contribution in [0.1, 0.15) is 22.3 Å². The Bertz CT molecular complexity index is 524. The molecule has 0 radical (unpaired) electrons. The van der Waals surface area contributed by atoms with E-state index in [-0.39, 0.29) is 0 Å². The SMILES string of the molecule is Cc1cc(C)c(Oc2ccc(CN)cn2)c(C)c1. The van der Waals surface area contributed by atoms with Crippen LogP contribution in [-0.4, -0.2) is 4.98 Å². The number of pyridine rings is 1. The van der Waals surface area contributed by atoms with Crippen molar-refractivity contribution in [3.8, 4) is 11.6 Å². The quantitative estimate of drug-likeness (QED) is 0.898. The van der Waals surface area contributed by atoms with Crippen molar-refractivity contribution >= 4 is 0 Å². The normalized spacial score (nSPS) is 10.4. The summed E-state index contributed by atoms with van der Waals surface area (Å²) in [6, 6.07) is 8.00. The highest BCUT2D eigenvalue weighted by Crippen LogP contribution is 2.28. The van der Waals surface area contributed by atoms with E-state index in [1.807, 2.05) is 26.0 Å². The van der Waals surface area contributed by atoms with Crippen molar-refractivity contribution in [3.63, 3.8) is 0 Å². The number of aromatic nitrogens is 1. The van der Waals surface area contributed by atoms with Gasteiger partial charge in [0.25, 0.3) is 0 Å². The van der Waals surface area contributed by atoms with E-state index in [4.69, 9.17) is 10.5 Å². The van der Waals surface area contributed by atoms with Crippen molar-refractivity contribution in [1.82, 2.24) is 4.98 Å². The lowest BCUT2D eigenvalue weighted by molar-refractivity contribution is 0.455. The number of nitrogens with zero attached hydrogens (tertiary/aromatic N) is 1. The molecule has 0 aliphatic carbocycles. The third-order valence-corrected chi connectivity index (χ3v) is 2.84. The standard InChI is InChI=1S/C15H18N2O/c1-10-6-11(2)15(12(3)7-10)18-14-5-4-13(8-16)9-17-14/h4-7,9H,8,16H2,1-3H3. The Kier molecular flexibility index (Phi) is 3.63. The molecule has 1 aromatic heterocycles. The molecule has 18 heavy (non-hydrogen) atoms. The molecule has 0 atom stereocenters. The molecule has 0 fully saturated rings. The topological polar surface area (TPSA) is 48.1 Å². The predicted molar refractivity (Wildman–Crippen MR) is 72.9 cm³/mol. The van der Waals surface area contributed by atoms with Gasteiger partial charge in [0.15, 0.2) is 0 Å². The molecule has 2 aromatic rings. The summed E-state index contributed by atoms with van der Waals surface area (Å²) in [5.41, 5.74) is 10.0. The molecule has 2 N–H and O–H groups in total. The van der Waals surface area contributed by atoms with E-state index >= 15 is 0 Å². The molecule has 0 saturated carbocycles. The van der Waals surface area contributed by atoms with Gasteiger partial charge in [0.1, 0.15) is 5.75 Å². The summed E-state index contributed by atoms with van der Waals surface area (Å²) >= 11 is 0. The third kappa shape index (κ3) is 2.68. The van der Waals surface area contributed by atoms with Gasteiger partial charge >= 0.3 is 0 Å². The smallest absolute Gasteiger partial charge is 0.219 e. The van der Waals surface area contributed by atoms with E-state index in [1.54, 1.807) is 6.20 Å². The van der Waals surface area contributed by atoms with Crippen LogP contribution in [0.5, 0.6) is 11.6 Å². The summed E-state index contributed by atoms with van der Waals surface area (Å²) < 4.78 is 5.84. The van der Waals surface area contributed by atoms with Gasteiger partial charge in [0, 0.05) is 18.8 Å². The van der Waals surface area contributed by atoms with Crippen molar-refractivity contribution in [2.45, 2.75) is 27.3 Å². The molecular formula is C15H18N2O. The Morgan fingerprint density at radius 1 is 1.11 bits per heavy atom. The Morgan fingerprint density at radius 3 is 2.28 bits per heavy atom. The number of benzene rings is 1. The first-order valence-corrected chi connectivity index (χ1v) is 6.01. The summed E-state index contributed by atoms with van der Waals surface area (Å²) in [5, 5.41) is 0. The van der Waals surface area contributed by atoms with Crippen LogP contribution >= 0.6 is 0 Å². The van der Waals surface area contributed by atoms with Crippen molar-refractivity contribution in [1.29, 1.82) is 0 Å². The van der Waals surface area contributed by atoms with Gasteiger partial charge in [-0.05, 0) is 37.5 Å². The van der Waals surface area contributed by atoms with E-state index in [0.29, 0.717) is 12.4 Å². The predicted octanol–water partition coefficient (Wildman–Crippen LogP) is 3.26. The maximum absolute atomic E-state index is 5.84. The number of aryl methyl sites for hydroxylation is 3. The van der Waals surface area contributed by atoms with Gasteiger partial charge in [-0.1, -0.05) is 23.8 Å². The Hall–Kier alpha value is -1.87. The second-order valence-corrected chi connectivity index (χ2v) is 4.54. The van der Waals surface area contributed by atoms with Crippen molar-refractivity contribution < 1.29 is 4.74 Å². The van der Waals surface area contributed by atoms with E-state index in [2.05, 4.69) is 24.0 Å². The van der Waals surface area contributed by atoms with Crippen LogP contribution in [0.15, 0.2) is 30.5 Å². The highest BCUT2D eigenvalue weighted by molar-refractivity contribution is 5.44. The number of hydrogen-bond donors (Lipinski definition) is 1. The maximum atomic E-state index is 5.84. The minimum atomic E-state index is 0.496.